The summed E-state index contributed by atoms with van der Waals surface area (Å²) in [6, 6.07) is 5.98. The van der Waals surface area contributed by atoms with Gasteiger partial charge in [-0.2, -0.15) is 18.4 Å². The number of likely N-dealkylation sites (tertiary alicyclic amines) is 1. The predicted octanol–water partition coefficient (Wildman–Crippen LogP) is 3.81. The molecule has 1 saturated heterocycles. The SMILES string of the molecule is N#Cc1ncc2[nH]c3ncccc3c2c1NC1CCN(CCC(F)(F)F)CC1. The summed E-state index contributed by atoms with van der Waals surface area (Å²) in [6.45, 7) is 1.22. The van der Waals surface area contributed by atoms with E-state index in [-0.39, 0.29) is 12.6 Å². The van der Waals surface area contributed by atoms with Gasteiger partial charge in [-0.05, 0) is 25.0 Å². The van der Waals surface area contributed by atoms with Crippen LogP contribution in [0.25, 0.3) is 21.9 Å². The maximum absolute atomic E-state index is 12.4. The van der Waals surface area contributed by atoms with Crippen LogP contribution in [-0.4, -0.2) is 51.7 Å². The minimum absolute atomic E-state index is 0.0327. The van der Waals surface area contributed by atoms with Gasteiger partial charge in [0.15, 0.2) is 5.69 Å². The van der Waals surface area contributed by atoms with E-state index in [1.807, 2.05) is 17.0 Å². The molecular weight excluding hydrogens is 369 g/mol. The molecule has 0 aromatic carbocycles. The molecule has 2 N–H and O–H groups in total. The van der Waals surface area contributed by atoms with E-state index in [2.05, 4.69) is 26.3 Å². The van der Waals surface area contributed by atoms with Gasteiger partial charge in [0.2, 0.25) is 0 Å². The number of H-pyrrole nitrogens is 1. The van der Waals surface area contributed by atoms with Crippen LogP contribution in [0.4, 0.5) is 18.9 Å². The highest BCUT2D eigenvalue weighted by molar-refractivity contribution is 6.12. The third-order valence-corrected chi connectivity index (χ3v) is 5.16. The fourth-order valence-corrected chi connectivity index (χ4v) is 3.74. The van der Waals surface area contributed by atoms with Crippen LogP contribution in [0.3, 0.4) is 0 Å². The second kappa shape index (κ2) is 7.28. The first-order chi connectivity index (χ1) is 13.4. The molecule has 0 aliphatic carbocycles. The van der Waals surface area contributed by atoms with Crippen molar-refractivity contribution in [2.75, 3.05) is 25.0 Å². The standard InChI is InChI=1S/C19H19F3N6/c20-19(21,22)5-9-28-7-3-12(4-8-28)26-17-14(10-23)25-11-15-16(17)13-2-1-6-24-18(13)27-15/h1-2,6,11-12,26H,3-5,7-9H2,(H,24,27). The molecule has 3 aromatic heterocycles. The molecule has 0 atom stereocenters. The first-order valence-corrected chi connectivity index (χ1v) is 9.16. The number of nitrogens with one attached hydrogen (secondary N) is 2. The van der Waals surface area contributed by atoms with E-state index in [1.165, 1.54) is 0 Å². The average molecular weight is 388 g/mol. The maximum atomic E-state index is 12.4. The fraction of sp³-hybridized carbons (Fsp3) is 0.421. The molecule has 1 aliphatic rings. The summed E-state index contributed by atoms with van der Waals surface area (Å²) in [5, 5.41) is 14.7. The van der Waals surface area contributed by atoms with Crippen molar-refractivity contribution in [3.05, 3.63) is 30.2 Å². The number of hydrogen-bond acceptors (Lipinski definition) is 5. The first kappa shape index (κ1) is 18.5. The number of alkyl halides is 3. The molecule has 0 spiro atoms. The van der Waals surface area contributed by atoms with Gasteiger partial charge in [0.1, 0.15) is 11.7 Å². The predicted molar refractivity (Wildman–Crippen MR) is 99.9 cm³/mol. The highest BCUT2D eigenvalue weighted by Crippen LogP contribution is 2.33. The lowest BCUT2D eigenvalue weighted by Gasteiger charge is -2.33. The largest absolute Gasteiger partial charge is 0.390 e. The van der Waals surface area contributed by atoms with Crippen LogP contribution >= 0.6 is 0 Å². The lowest BCUT2D eigenvalue weighted by molar-refractivity contribution is -0.138. The Morgan fingerprint density at radius 2 is 2.07 bits per heavy atom. The molecule has 0 amide bonds. The molecule has 146 valence electrons. The lowest BCUT2D eigenvalue weighted by atomic mass is 10.0. The van der Waals surface area contributed by atoms with Crippen molar-refractivity contribution in [2.45, 2.75) is 31.5 Å². The van der Waals surface area contributed by atoms with E-state index in [0.717, 1.165) is 21.9 Å². The number of aromatic nitrogens is 3. The summed E-state index contributed by atoms with van der Waals surface area (Å²) in [7, 11) is 0. The van der Waals surface area contributed by atoms with Crippen LogP contribution in [0.15, 0.2) is 24.5 Å². The van der Waals surface area contributed by atoms with E-state index >= 15 is 0 Å². The van der Waals surface area contributed by atoms with Gasteiger partial charge in [-0.1, -0.05) is 0 Å². The monoisotopic (exact) mass is 388 g/mol. The number of halogens is 3. The molecule has 0 radical (unpaired) electrons. The number of nitrogens with zero attached hydrogens (tertiary/aromatic N) is 4. The molecule has 3 aromatic rings. The number of nitriles is 1. The summed E-state index contributed by atoms with van der Waals surface area (Å²) in [6.07, 6.45) is -0.170. The van der Waals surface area contributed by atoms with Crippen molar-refractivity contribution in [2.24, 2.45) is 0 Å². The van der Waals surface area contributed by atoms with Gasteiger partial charge in [0.25, 0.3) is 0 Å². The van der Waals surface area contributed by atoms with Crippen LogP contribution in [0.5, 0.6) is 0 Å². The average Bonchev–Trinajstić information content (AvgIpc) is 3.06. The molecule has 4 heterocycles. The second-order valence-electron chi connectivity index (χ2n) is 7.03. The highest BCUT2D eigenvalue weighted by atomic mass is 19.4. The molecule has 0 saturated carbocycles. The summed E-state index contributed by atoms with van der Waals surface area (Å²) in [5.74, 6) is 0. The van der Waals surface area contributed by atoms with E-state index in [0.29, 0.717) is 37.3 Å². The van der Waals surface area contributed by atoms with Gasteiger partial charge in [0.05, 0.1) is 23.8 Å². The molecule has 0 unspecified atom stereocenters. The third kappa shape index (κ3) is 3.73. The smallest absolute Gasteiger partial charge is 0.379 e. The van der Waals surface area contributed by atoms with Crippen LogP contribution in [0.1, 0.15) is 25.0 Å². The Morgan fingerprint density at radius 3 is 2.79 bits per heavy atom. The normalized spacial score (nSPS) is 16.5. The van der Waals surface area contributed by atoms with Crippen molar-refractivity contribution < 1.29 is 13.2 Å². The molecule has 28 heavy (non-hydrogen) atoms. The van der Waals surface area contributed by atoms with E-state index in [9.17, 15) is 18.4 Å². The van der Waals surface area contributed by atoms with Gasteiger partial charge < -0.3 is 15.2 Å². The fourth-order valence-electron chi connectivity index (χ4n) is 3.74. The number of aromatic amines is 1. The van der Waals surface area contributed by atoms with Crippen molar-refractivity contribution in [3.8, 4) is 6.07 Å². The topological polar surface area (TPSA) is 80.6 Å². The maximum Gasteiger partial charge on any atom is 0.390 e. The number of rotatable bonds is 4. The molecule has 1 fully saturated rings. The van der Waals surface area contributed by atoms with Crippen molar-refractivity contribution in [3.63, 3.8) is 0 Å². The Morgan fingerprint density at radius 1 is 1.29 bits per heavy atom. The van der Waals surface area contributed by atoms with E-state index < -0.39 is 12.6 Å². The summed E-state index contributed by atoms with van der Waals surface area (Å²) < 4.78 is 37.3. The lowest BCUT2D eigenvalue weighted by Crippen LogP contribution is -2.40. The van der Waals surface area contributed by atoms with Gasteiger partial charge in [-0.15, -0.1) is 0 Å². The van der Waals surface area contributed by atoms with E-state index in [4.69, 9.17) is 0 Å². The molecule has 9 heteroatoms. The minimum Gasteiger partial charge on any atom is -0.379 e. The van der Waals surface area contributed by atoms with E-state index in [1.54, 1.807) is 12.4 Å². The van der Waals surface area contributed by atoms with Gasteiger partial charge in [-0.25, -0.2) is 9.97 Å². The number of hydrogen-bond donors (Lipinski definition) is 2. The van der Waals surface area contributed by atoms with Crippen LogP contribution < -0.4 is 5.32 Å². The van der Waals surface area contributed by atoms with Crippen molar-refractivity contribution in [1.82, 2.24) is 19.9 Å². The third-order valence-electron chi connectivity index (χ3n) is 5.16. The Hall–Kier alpha value is -2.86. The zero-order chi connectivity index (χ0) is 19.7. The van der Waals surface area contributed by atoms with Gasteiger partial charge in [0, 0.05) is 42.6 Å². The Kier molecular flexibility index (Phi) is 4.81. The molecule has 4 rings (SSSR count). The van der Waals surface area contributed by atoms with Crippen LogP contribution in [0.2, 0.25) is 0 Å². The number of pyridine rings is 2. The zero-order valence-electron chi connectivity index (χ0n) is 15.1. The summed E-state index contributed by atoms with van der Waals surface area (Å²) >= 11 is 0. The number of fused-ring (bicyclic) bond motifs is 3. The van der Waals surface area contributed by atoms with Crippen molar-refractivity contribution >= 4 is 27.6 Å². The number of piperidine rings is 1. The van der Waals surface area contributed by atoms with Crippen LogP contribution in [-0.2, 0) is 0 Å². The Bertz CT molecular complexity index is 1030. The quantitative estimate of drug-likeness (QED) is 0.710. The number of anilines is 1. The minimum atomic E-state index is -4.12. The summed E-state index contributed by atoms with van der Waals surface area (Å²) in [5.41, 5.74) is 2.47. The molecule has 1 aliphatic heterocycles. The molecule has 6 nitrogen and oxygen atoms in total. The van der Waals surface area contributed by atoms with Crippen LogP contribution in [0, 0.1) is 11.3 Å². The summed E-state index contributed by atoms with van der Waals surface area (Å²) in [4.78, 5) is 13.6. The van der Waals surface area contributed by atoms with Crippen molar-refractivity contribution in [1.29, 1.82) is 5.26 Å². The van der Waals surface area contributed by atoms with Gasteiger partial charge in [-0.3, -0.25) is 0 Å². The Labute approximate surface area is 159 Å². The first-order valence-electron chi connectivity index (χ1n) is 9.16. The molecule has 0 bridgehead atoms. The second-order valence-corrected chi connectivity index (χ2v) is 7.03. The molecular formula is C19H19F3N6. The van der Waals surface area contributed by atoms with Gasteiger partial charge >= 0.3 is 6.18 Å². The highest BCUT2D eigenvalue weighted by Gasteiger charge is 2.29. The zero-order valence-corrected chi connectivity index (χ0v) is 15.1. The Balaban J connectivity index is 1.55.